The minimum absolute atomic E-state index is 0.221. The maximum absolute atomic E-state index is 12.1. The molecule has 3 rings (SSSR count). The van der Waals surface area contributed by atoms with E-state index in [1.807, 2.05) is 0 Å². The average Bonchev–Trinajstić information content (AvgIpc) is 3.22. The van der Waals surface area contributed by atoms with Crippen molar-refractivity contribution >= 4 is 23.5 Å². The largest absolute Gasteiger partial charge is 0.467 e. The van der Waals surface area contributed by atoms with Gasteiger partial charge in [-0.05, 0) is 24.3 Å². The second kappa shape index (κ2) is 6.58. The first kappa shape index (κ1) is 15.2. The normalized spacial score (nSPS) is 10.5. The minimum atomic E-state index is -0.543. The Morgan fingerprint density at radius 2 is 2.09 bits per heavy atom. The molecule has 118 valence electrons. The summed E-state index contributed by atoms with van der Waals surface area (Å²) in [6, 6.07) is 10.5. The average molecular weight is 333 g/mol. The summed E-state index contributed by atoms with van der Waals surface area (Å²) in [6.45, 7) is 0.353. The van der Waals surface area contributed by atoms with E-state index >= 15 is 0 Å². The lowest BCUT2D eigenvalue weighted by atomic mass is 10.1. The Bertz CT molecular complexity index is 794. The Hall–Kier alpha value is -2.73. The fourth-order valence-electron chi connectivity index (χ4n) is 2.09. The lowest BCUT2D eigenvalue weighted by Crippen LogP contribution is -2.07. The molecular weight excluding hydrogens is 320 g/mol. The highest BCUT2D eigenvalue weighted by Gasteiger charge is 2.25. The van der Waals surface area contributed by atoms with E-state index in [2.05, 4.69) is 10.5 Å². The van der Waals surface area contributed by atoms with E-state index in [1.54, 1.807) is 42.7 Å². The highest BCUT2D eigenvalue weighted by atomic mass is 35.5. The number of hydrogen-bond acceptors (Lipinski definition) is 6. The van der Waals surface area contributed by atoms with Crippen molar-refractivity contribution in [3.63, 3.8) is 0 Å². The van der Waals surface area contributed by atoms with Gasteiger partial charge in [-0.2, -0.15) is 0 Å². The molecule has 0 bridgehead atoms. The summed E-state index contributed by atoms with van der Waals surface area (Å²) in [4.78, 5) is 12.1. The monoisotopic (exact) mass is 332 g/mol. The Kier molecular flexibility index (Phi) is 4.34. The summed E-state index contributed by atoms with van der Waals surface area (Å²) in [7, 11) is 1.30. The van der Waals surface area contributed by atoms with Gasteiger partial charge in [0.1, 0.15) is 11.5 Å². The van der Waals surface area contributed by atoms with Gasteiger partial charge in [-0.15, -0.1) is 0 Å². The molecule has 0 aliphatic carbocycles. The summed E-state index contributed by atoms with van der Waals surface area (Å²) < 4.78 is 15.3. The maximum Gasteiger partial charge on any atom is 0.345 e. The predicted molar refractivity (Wildman–Crippen MR) is 84.3 cm³/mol. The molecule has 0 amide bonds. The molecule has 6 nitrogen and oxygen atoms in total. The molecule has 0 atom stereocenters. The van der Waals surface area contributed by atoms with Gasteiger partial charge in [0.05, 0.1) is 19.9 Å². The van der Waals surface area contributed by atoms with Crippen LogP contribution in [0.1, 0.15) is 16.1 Å². The Morgan fingerprint density at radius 1 is 1.30 bits per heavy atom. The topological polar surface area (TPSA) is 77.5 Å². The smallest absolute Gasteiger partial charge is 0.345 e. The molecule has 0 spiro atoms. The van der Waals surface area contributed by atoms with E-state index in [9.17, 15) is 4.79 Å². The molecule has 0 aliphatic heterocycles. The molecule has 3 aromatic rings. The molecule has 0 radical (unpaired) electrons. The molecule has 0 saturated carbocycles. The minimum Gasteiger partial charge on any atom is -0.467 e. The zero-order valence-corrected chi connectivity index (χ0v) is 13.0. The molecule has 0 saturated heterocycles. The van der Waals surface area contributed by atoms with Crippen molar-refractivity contribution in [2.45, 2.75) is 6.54 Å². The summed E-state index contributed by atoms with van der Waals surface area (Å²) in [6.07, 6.45) is 1.57. The van der Waals surface area contributed by atoms with Crippen LogP contribution in [0.25, 0.3) is 11.3 Å². The summed E-state index contributed by atoms with van der Waals surface area (Å²) >= 11 is 5.88. The zero-order chi connectivity index (χ0) is 16.2. The number of nitrogens with zero attached hydrogens (tertiary/aromatic N) is 1. The van der Waals surface area contributed by atoms with Gasteiger partial charge in [0.2, 0.25) is 5.88 Å². The van der Waals surface area contributed by atoms with Gasteiger partial charge >= 0.3 is 5.97 Å². The zero-order valence-electron chi connectivity index (χ0n) is 12.2. The second-order valence-electron chi connectivity index (χ2n) is 4.67. The van der Waals surface area contributed by atoms with Crippen molar-refractivity contribution in [1.29, 1.82) is 0 Å². The van der Waals surface area contributed by atoms with Crippen LogP contribution in [0.3, 0.4) is 0 Å². The number of carbonyl (C=O) groups is 1. The first-order chi connectivity index (χ1) is 11.2. The van der Waals surface area contributed by atoms with Gasteiger partial charge in [0.15, 0.2) is 5.56 Å². The lowest BCUT2D eigenvalue weighted by molar-refractivity contribution is 0.0602. The van der Waals surface area contributed by atoms with Crippen LogP contribution in [0.5, 0.6) is 0 Å². The number of rotatable bonds is 5. The summed E-state index contributed by atoms with van der Waals surface area (Å²) in [5.41, 5.74) is 1.31. The van der Waals surface area contributed by atoms with Crippen molar-refractivity contribution in [1.82, 2.24) is 5.16 Å². The number of furan rings is 1. The molecule has 0 unspecified atom stereocenters. The van der Waals surface area contributed by atoms with Crippen molar-refractivity contribution in [3.8, 4) is 11.3 Å². The number of nitrogens with one attached hydrogen (secondary N) is 1. The standard InChI is InChI=1S/C16H13ClN2O4/c1-21-16(20)13-14(10-4-6-11(17)7-5-10)19-23-15(13)18-9-12-3-2-8-22-12/h2-8,18H,9H2,1H3. The summed E-state index contributed by atoms with van der Waals surface area (Å²) in [5, 5.41) is 7.55. The van der Waals surface area contributed by atoms with Gasteiger partial charge in [0, 0.05) is 10.6 Å². The molecule has 0 fully saturated rings. The van der Waals surface area contributed by atoms with Gasteiger partial charge in [-0.1, -0.05) is 28.9 Å². The quantitative estimate of drug-likeness (QED) is 0.712. The van der Waals surface area contributed by atoms with E-state index in [4.69, 9.17) is 25.3 Å². The van der Waals surface area contributed by atoms with Crippen molar-refractivity contribution in [3.05, 3.63) is 59.0 Å². The third-order valence-corrected chi connectivity index (χ3v) is 3.45. The van der Waals surface area contributed by atoms with E-state index < -0.39 is 5.97 Å². The Labute approximate surface area is 137 Å². The van der Waals surface area contributed by atoms with Gasteiger partial charge in [-0.3, -0.25) is 0 Å². The maximum atomic E-state index is 12.1. The SMILES string of the molecule is COC(=O)c1c(-c2ccc(Cl)cc2)noc1NCc1ccco1. The molecule has 1 aromatic carbocycles. The highest BCUT2D eigenvalue weighted by Crippen LogP contribution is 2.30. The lowest BCUT2D eigenvalue weighted by Gasteiger charge is -2.04. The fourth-order valence-corrected chi connectivity index (χ4v) is 2.21. The number of hydrogen-bond donors (Lipinski definition) is 1. The van der Waals surface area contributed by atoms with Crippen LogP contribution in [0.15, 0.2) is 51.6 Å². The van der Waals surface area contributed by atoms with Crippen molar-refractivity contribution < 1.29 is 18.5 Å². The number of carbonyl (C=O) groups excluding carboxylic acids is 1. The number of benzene rings is 1. The van der Waals surface area contributed by atoms with E-state index in [-0.39, 0.29) is 11.4 Å². The van der Waals surface area contributed by atoms with Crippen molar-refractivity contribution in [2.24, 2.45) is 0 Å². The van der Waals surface area contributed by atoms with Gasteiger partial charge in [0.25, 0.3) is 0 Å². The van der Waals surface area contributed by atoms with E-state index in [0.29, 0.717) is 28.6 Å². The van der Waals surface area contributed by atoms with E-state index in [1.165, 1.54) is 7.11 Å². The number of methoxy groups -OCH3 is 1. The third kappa shape index (κ3) is 3.22. The van der Waals surface area contributed by atoms with E-state index in [0.717, 1.165) is 0 Å². The summed E-state index contributed by atoms with van der Waals surface area (Å²) in [5.74, 6) is 0.376. The number of halogens is 1. The molecule has 0 aliphatic rings. The van der Waals surface area contributed by atoms with Crippen LogP contribution in [-0.4, -0.2) is 18.2 Å². The van der Waals surface area contributed by atoms with Crippen LogP contribution in [0, 0.1) is 0 Å². The van der Waals surface area contributed by atoms with Crippen molar-refractivity contribution in [2.75, 3.05) is 12.4 Å². The van der Waals surface area contributed by atoms with Crippen LogP contribution in [-0.2, 0) is 11.3 Å². The van der Waals surface area contributed by atoms with Crippen LogP contribution in [0.2, 0.25) is 5.02 Å². The number of aromatic nitrogens is 1. The Balaban J connectivity index is 1.93. The highest BCUT2D eigenvalue weighted by molar-refractivity contribution is 6.30. The molecule has 1 N–H and O–H groups in total. The second-order valence-corrected chi connectivity index (χ2v) is 5.10. The van der Waals surface area contributed by atoms with Crippen LogP contribution >= 0.6 is 11.6 Å². The first-order valence-corrected chi connectivity index (χ1v) is 7.17. The molecule has 2 aromatic heterocycles. The Morgan fingerprint density at radius 3 is 2.74 bits per heavy atom. The first-order valence-electron chi connectivity index (χ1n) is 6.79. The molecular formula is C16H13ClN2O4. The molecule has 2 heterocycles. The van der Waals surface area contributed by atoms with Crippen LogP contribution < -0.4 is 5.32 Å². The number of esters is 1. The molecule has 7 heteroatoms. The predicted octanol–water partition coefficient (Wildman–Crippen LogP) is 3.99. The third-order valence-electron chi connectivity index (χ3n) is 3.20. The van der Waals surface area contributed by atoms with Gasteiger partial charge in [-0.25, -0.2) is 4.79 Å². The fraction of sp³-hybridized carbons (Fsp3) is 0.125. The van der Waals surface area contributed by atoms with Crippen LogP contribution in [0.4, 0.5) is 5.88 Å². The number of ether oxygens (including phenoxy) is 1. The number of anilines is 1. The van der Waals surface area contributed by atoms with Gasteiger partial charge < -0.3 is 19.0 Å². The molecule has 23 heavy (non-hydrogen) atoms.